The molecule has 4 rings (SSSR count). The fraction of sp³-hybridized carbons (Fsp3) is 0.400. The minimum atomic E-state index is -1.20. The molecule has 36 heavy (non-hydrogen) atoms. The summed E-state index contributed by atoms with van der Waals surface area (Å²) in [6.45, 7) is 16.7. The van der Waals surface area contributed by atoms with E-state index in [0.29, 0.717) is 23.6 Å². The number of benzene rings is 2. The van der Waals surface area contributed by atoms with Crippen molar-refractivity contribution in [3.05, 3.63) is 82.7 Å². The predicted molar refractivity (Wildman–Crippen MR) is 145 cm³/mol. The maximum absolute atomic E-state index is 13.2. The van der Waals surface area contributed by atoms with Crippen molar-refractivity contribution in [2.24, 2.45) is 0 Å². The van der Waals surface area contributed by atoms with E-state index < -0.39 is 5.60 Å². The molecule has 190 valence electrons. The number of esters is 1. The maximum Gasteiger partial charge on any atom is 0.341 e. The number of fused-ring (bicyclic) bond motifs is 1. The first-order chi connectivity index (χ1) is 17.4. The highest BCUT2D eigenvalue weighted by Gasteiger charge is 2.52. The van der Waals surface area contributed by atoms with E-state index in [-0.39, 0.29) is 5.97 Å². The molecule has 0 aliphatic carbocycles. The molecule has 1 unspecified atom stereocenters. The lowest BCUT2D eigenvalue weighted by molar-refractivity contribution is 0.0234. The van der Waals surface area contributed by atoms with Crippen LogP contribution in [0.25, 0.3) is 0 Å². The van der Waals surface area contributed by atoms with Crippen molar-refractivity contribution in [1.29, 1.82) is 0 Å². The van der Waals surface area contributed by atoms with Crippen molar-refractivity contribution >= 4 is 17.3 Å². The van der Waals surface area contributed by atoms with Gasteiger partial charge in [-0.1, -0.05) is 6.07 Å². The van der Waals surface area contributed by atoms with Gasteiger partial charge in [0.25, 0.3) is 0 Å². The van der Waals surface area contributed by atoms with Gasteiger partial charge >= 0.3 is 5.97 Å². The standard InChI is InChI=1S/C30H37N3O3/c1-7-32(8-2)22-14-16-25(21(6)19-22)30(28-24(29(34)36-30)13-12-18-31-28)26-17-15-23(33(9-3)10-4)20-27(26)35-11-5/h12-20H,7-11H2,1-6H3. The van der Waals surface area contributed by atoms with E-state index >= 15 is 0 Å². The Kier molecular flexibility index (Phi) is 7.53. The van der Waals surface area contributed by atoms with Crippen LogP contribution in [0.4, 0.5) is 11.4 Å². The molecular weight excluding hydrogens is 450 g/mol. The average molecular weight is 488 g/mol. The summed E-state index contributed by atoms with van der Waals surface area (Å²) in [6.07, 6.45) is 1.72. The van der Waals surface area contributed by atoms with Gasteiger partial charge in [-0.2, -0.15) is 0 Å². The monoisotopic (exact) mass is 487 g/mol. The highest BCUT2D eigenvalue weighted by Crippen LogP contribution is 2.50. The van der Waals surface area contributed by atoms with E-state index in [1.54, 1.807) is 18.3 Å². The quantitative estimate of drug-likeness (QED) is 0.330. The SMILES string of the molecule is CCOc1cc(N(CC)CC)ccc1C1(c2ccc(N(CC)CC)cc2C)OC(=O)c2cccnc21. The number of ether oxygens (including phenoxy) is 2. The lowest BCUT2D eigenvalue weighted by Crippen LogP contribution is -2.32. The van der Waals surface area contributed by atoms with Crippen LogP contribution in [0.2, 0.25) is 0 Å². The lowest BCUT2D eigenvalue weighted by Gasteiger charge is -2.33. The van der Waals surface area contributed by atoms with Gasteiger partial charge in [-0.05, 0) is 83.5 Å². The third kappa shape index (κ3) is 4.19. The highest BCUT2D eigenvalue weighted by atomic mass is 16.6. The summed E-state index contributed by atoms with van der Waals surface area (Å²) in [5.41, 5.74) is 4.80. The first-order valence-corrected chi connectivity index (χ1v) is 13.0. The van der Waals surface area contributed by atoms with Crippen LogP contribution in [0.15, 0.2) is 54.7 Å². The number of hydrogen-bond acceptors (Lipinski definition) is 6. The van der Waals surface area contributed by atoms with Crippen molar-refractivity contribution in [1.82, 2.24) is 4.98 Å². The number of anilines is 2. The van der Waals surface area contributed by atoms with Crippen molar-refractivity contribution in [3.8, 4) is 5.75 Å². The Bertz CT molecular complexity index is 1230. The van der Waals surface area contributed by atoms with Crippen LogP contribution < -0.4 is 14.5 Å². The van der Waals surface area contributed by atoms with Crippen molar-refractivity contribution < 1.29 is 14.3 Å². The summed E-state index contributed by atoms with van der Waals surface area (Å²) in [6, 6.07) is 16.1. The molecule has 1 aromatic heterocycles. The van der Waals surface area contributed by atoms with Gasteiger partial charge in [0.05, 0.1) is 12.2 Å². The number of rotatable bonds is 10. The van der Waals surface area contributed by atoms with E-state index in [0.717, 1.165) is 54.2 Å². The Labute approximate surface area is 214 Å². The Balaban J connectivity index is 2.00. The van der Waals surface area contributed by atoms with Crippen LogP contribution in [0.5, 0.6) is 5.75 Å². The summed E-state index contributed by atoms with van der Waals surface area (Å²) in [5.74, 6) is 0.320. The van der Waals surface area contributed by atoms with Crippen LogP contribution in [-0.4, -0.2) is 43.7 Å². The predicted octanol–water partition coefficient (Wildman–Crippen LogP) is 5.94. The van der Waals surface area contributed by atoms with E-state index in [9.17, 15) is 4.79 Å². The number of carbonyl (C=O) groups excluding carboxylic acids is 1. The third-order valence-electron chi connectivity index (χ3n) is 7.10. The maximum atomic E-state index is 13.2. The van der Waals surface area contributed by atoms with Gasteiger partial charge in [-0.3, -0.25) is 4.98 Å². The van der Waals surface area contributed by atoms with E-state index in [1.807, 2.05) is 13.0 Å². The first kappa shape index (κ1) is 25.5. The molecule has 6 nitrogen and oxygen atoms in total. The molecule has 0 bridgehead atoms. The molecule has 0 saturated heterocycles. The van der Waals surface area contributed by atoms with E-state index in [2.05, 4.69) is 74.8 Å². The molecule has 0 spiro atoms. The molecule has 6 heteroatoms. The van der Waals surface area contributed by atoms with Gasteiger partial charge in [0.1, 0.15) is 11.4 Å². The van der Waals surface area contributed by atoms with Crippen LogP contribution in [0, 0.1) is 6.92 Å². The summed E-state index contributed by atoms with van der Waals surface area (Å²) >= 11 is 0. The Morgan fingerprint density at radius 2 is 1.47 bits per heavy atom. The Hall–Kier alpha value is -3.54. The summed E-state index contributed by atoms with van der Waals surface area (Å²) in [7, 11) is 0. The molecule has 1 aliphatic rings. The van der Waals surface area contributed by atoms with Gasteiger partial charge in [0.15, 0.2) is 0 Å². The number of aromatic nitrogens is 1. The second-order valence-electron chi connectivity index (χ2n) is 8.93. The lowest BCUT2D eigenvalue weighted by atomic mass is 9.80. The summed E-state index contributed by atoms with van der Waals surface area (Å²) in [4.78, 5) is 22.5. The van der Waals surface area contributed by atoms with Crippen LogP contribution >= 0.6 is 0 Å². The Morgan fingerprint density at radius 1 is 0.861 bits per heavy atom. The molecule has 0 fully saturated rings. The number of nitrogens with zero attached hydrogens (tertiary/aromatic N) is 3. The van der Waals surface area contributed by atoms with Crippen molar-refractivity contribution in [3.63, 3.8) is 0 Å². The van der Waals surface area contributed by atoms with Crippen LogP contribution in [-0.2, 0) is 10.3 Å². The smallest absolute Gasteiger partial charge is 0.341 e. The zero-order chi connectivity index (χ0) is 25.9. The minimum absolute atomic E-state index is 0.374. The fourth-order valence-electron chi connectivity index (χ4n) is 5.29. The van der Waals surface area contributed by atoms with Crippen LogP contribution in [0.3, 0.4) is 0 Å². The second kappa shape index (κ2) is 10.6. The number of aryl methyl sites for hydroxylation is 1. The molecule has 0 N–H and O–H groups in total. The molecule has 0 saturated carbocycles. The minimum Gasteiger partial charge on any atom is -0.493 e. The second-order valence-corrected chi connectivity index (χ2v) is 8.93. The number of carbonyl (C=O) groups is 1. The van der Waals surface area contributed by atoms with Crippen LogP contribution in [0.1, 0.15) is 67.4 Å². The molecule has 1 aliphatic heterocycles. The first-order valence-electron chi connectivity index (χ1n) is 13.0. The molecule has 2 aromatic carbocycles. The molecule has 3 aromatic rings. The van der Waals surface area contributed by atoms with Crippen molar-refractivity contribution in [2.75, 3.05) is 42.6 Å². The van der Waals surface area contributed by atoms with Gasteiger partial charge in [0.2, 0.25) is 5.60 Å². The number of hydrogen-bond donors (Lipinski definition) is 0. The molecular formula is C30H37N3O3. The zero-order valence-electron chi connectivity index (χ0n) is 22.3. The normalized spacial score (nSPS) is 16.4. The number of cyclic esters (lactones) is 1. The molecule has 0 amide bonds. The number of pyridine rings is 1. The zero-order valence-corrected chi connectivity index (χ0v) is 22.3. The highest BCUT2D eigenvalue weighted by molar-refractivity contribution is 5.96. The van der Waals surface area contributed by atoms with Gasteiger partial charge < -0.3 is 19.3 Å². The molecule has 0 radical (unpaired) electrons. The summed E-state index contributed by atoms with van der Waals surface area (Å²) in [5, 5.41) is 0. The molecule has 1 atom stereocenters. The van der Waals surface area contributed by atoms with Crippen molar-refractivity contribution in [2.45, 2.75) is 47.1 Å². The van der Waals surface area contributed by atoms with Gasteiger partial charge in [0, 0.05) is 60.9 Å². The third-order valence-corrected chi connectivity index (χ3v) is 7.10. The average Bonchev–Trinajstić information content (AvgIpc) is 3.19. The van der Waals surface area contributed by atoms with Gasteiger partial charge in [-0.15, -0.1) is 0 Å². The fourth-order valence-corrected chi connectivity index (χ4v) is 5.29. The largest absolute Gasteiger partial charge is 0.493 e. The topological polar surface area (TPSA) is 54.9 Å². The van der Waals surface area contributed by atoms with E-state index in [4.69, 9.17) is 14.5 Å². The summed E-state index contributed by atoms with van der Waals surface area (Å²) < 4.78 is 12.6. The molecule has 2 heterocycles. The Morgan fingerprint density at radius 3 is 2.06 bits per heavy atom. The van der Waals surface area contributed by atoms with E-state index in [1.165, 1.54) is 0 Å². The van der Waals surface area contributed by atoms with Gasteiger partial charge in [-0.25, -0.2) is 4.79 Å².